The first-order valence-electron chi connectivity index (χ1n) is 6.39. The van der Waals surface area contributed by atoms with E-state index in [0.29, 0.717) is 23.8 Å². The fourth-order valence-corrected chi connectivity index (χ4v) is 2.10. The lowest BCUT2D eigenvalue weighted by atomic mass is 10.0. The van der Waals surface area contributed by atoms with Gasteiger partial charge in [0.1, 0.15) is 0 Å². The Morgan fingerprint density at radius 2 is 1.68 bits per heavy atom. The molecule has 1 rings (SSSR count). The first-order chi connectivity index (χ1) is 9.21. The number of nitrogens with two attached hydrogens (primary N) is 1. The number of hydrogen-bond donors (Lipinski definition) is 2. The van der Waals surface area contributed by atoms with E-state index in [0.717, 1.165) is 18.4 Å². The summed E-state index contributed by atoms with van der Waals surface area (Å²) in [5.74, 6) is 1.96. The third-order valence-corrected chi connectivity index (χ3v) is 3.13. The monoisotopic (exact) mass is 268 g/mol. The lowest BCUT2D eigenvalue weighted by Crippen LogP contribution is -2.18. The maximum Gasteiger partial charge on any atom is 0.203 e. The molecule has 0 amide bonds. The Kier molecular flexibility index (Phi) is 6.45. The van der Waals surface area contributed by atoms with Crippen LogP contribution in [0.5, 0.6) is 17.2 Å². The smallest absolute Gasteiger partial charge is 0.203 e. The molecule has 5 nitrogen and oxygen atoms in total. The van der Waals surface area contributed by atoms with Gasteiger partial charge < -0.3 is 25.3 Å². The van der Waals surface area contributed by atoms with Crippen LogP contribution in [0.25, 0.3) is 0 Å². The number of nitrogens with one attached hydrogen (secondary N) is 1. The first-order valence-corrected chi connectivity index (χ1v) is 6.39. The Balaban J connectivity index is 3.12. The van der Waals surface area contributed by atoms with Gasteiger partial charge >= 0.3 is 0 Å². The summed E-state index contributed by atoms with van der Waals surface area (Å²) in [6.07, 6.45) is 1.92. The van der Waals surface area contributed by atoms with Crippen LogP contribution in [-0.2, 0) is 0 Å². The van der Waals surface area contributed by atoms with Gasteiger partial charge in [-0.25, -0.2) is 0 Å². The zero-order valence-corrected chi connectivity index (χ0v) is 12.2. The Bertz CT molecular complexity index is 371. The van der Waals surface area contributed by atoms with Gasteiger partial charge in [-0.3, -0.25) is 0 Å². The van der Waals surface area contributed by atoms with E-state index < -0.39 is 0 Å². The molecule has 19 heavy (non-hydrogen) atoms. The van der Waals surface area contributed by atoms with Crippen molar-refractivity contribution in [3.63, 3.8) is 0 Å². The van der Waals surface area contributed by atoms with E-state index in [1.165, 1.54) is 0 Å². The van der Waals surface area contributed by atoms with Gasteiger partial charge in [-0.1, -0.05) is 0 Å². The van der Waals surface area contributed by atoms with Crippen molar-refractivity contribution in [1.29, 1.82) is 0 Å². The fourth-order valence-electron chi connectivity index (χ4n) is 2.10. The van der Waals surface area contributed by atoms with Gasteiger partial charge in [0.25, 0.3) is 0 Å². The van der Waals surface area contributed by atoms with Crippen LogP contribution >= 0.6 is 0 Å². The Morgan fingerprint density at radius 3 is 2.05 bits per heavy atom. The molecular weight excluding hydrogens is 244 g/mol. The van der Waals surface area contributed by atoms with E-state index in [9.17, 15) is 0 Å². The molecule has 0 bridgehead atoms. The molecular formula is C14H24N2O3. The molecule has 0 saturated carbocycles. The van der Waals surface area contributed by atoms with E-state index in [1.807, 2.05) is 19.2 Å². The summed E-state index contributed by atoms with van der Waals surface area (Å²) in [6, 6.07) is 4.16. The number of ether oxygens (including phenoxy) is 3. The van der Waals surface area contributed by atoms with Crippen LogP contribution in [0.2, 0.25) is 0 Å². The summed E-state index contributed by atoms with van der Waals surface area (Å²) in [6.45, 7) is 0.683. The summed E-state index contributed by atoms with van der Waals surface area (Å²) in [5, 5.41) is 3.29. The second-order valence-electron chi connectivity index (χ2n) is 4.23. The molecule has 1 unspecified atom stereocenters. The average molecular weight is 268 g/mol. The van der Waals surface area contributed by atoms with Crippen LogP contribution in [0, 0.1) is 0 Å². The van der Waals surface area contributed by atoms with Crippen LogP contribution in [-0.4, -0.2) is 34.9 Å². The minimum atomic E-state index is 0.220. The average Bonchev–Trinajstić information content (AvgIpc) is 2.46. The summed E-state index contributed by atoms with van der Waals surface area (Å²) >= 11 is 0. The number of benzene rings is 1. The topological polar surface area (TPSA) is 65.7 Å². The van der Waals surface area contributed by atoms with Crippen molar-refractivity contribution >= 4 is 0 Å². The summed E-state index contributed by atoms with van der Waals surface area (Å²) in [7, 11) is 6.78. The molecule has 108 valence electrons. The van der Waals surface area contributed by atoms with Crippen LogP contribution in [0.4, 0.5) is 0 Å². The largest absolute Gasteiger partial charge is 0.493 e. The molecule has 0 fully saturated rings. The molecule has 0 aromatic heterocycles. The molecule has 0 heterocycles. The minimum absolute atomic E-state index is 0.220. The lowest BCUT2D eigenvalue weighted by molar-refractivity contribution is 0.323. The van der Waals surface area contributed by atoms with Gasteiger partial charge in [-0.2, -0.15) is 0 Å². The first kappa shape index (κ1) is 15.6. The molecule has 0 aliphatic carbocycles. The second kappa shape index (κ2) is 7.86. The van der Waals surface area contributed by atoms with Crippen molar-refractivity contribution in [2.24, 2.45) is 5.73 Å². The highest BCUT2D eigenvalue weighted by atomic mass is 16.5. The zero-order chi connectivity index (χ0) is 14.3. The van der Waals surface area contributed by atoms with E-state index in [2.05, 4.69) is 5.32 Å². The lowest BCUT2D eigenvalue weighted by Gasteiger charge is -2.20. The highest BCUT2D eigenvalue weighted by molar-refractivity contribution is 5.54. The molecule has 0 saturated heterocycles. The normalized spacial score (nSPS) is 12.1. The van der Waals surface area contributed by atoms with Crippen LogP contribution in [0.3, 0.4) is 0 Å². The van der Waals surface area contributed by atoms with Crippen molar-refractivity contribution in [2.45, 2.75) is 18.9 Å². The molecule has 1 aromatic rings. The van der Waals surface area contributed by atoms with E-state index in [4.69, 9.17) is 19.9 Å². The maximum atomic E-state index is 5.57. The number of hydrogen-bond acceptors (Lipinski definition) is 5. The second-order valence-corrected chi connectivity index (χ2v) is 4.23. The van der Waals surface area contributed by atoms with Gasteiger partial charge in [0.15, 0.2) is 11.5 Å². The third-order valence-electron chi connectivity index (χ3n) is 3.13. The standard InChI is InChI=1S/C14H24N2O3/c1-16-11(6-5-7-15)10-8-12(17-2)14(19-4)13(9-10)18-3/h8-9,11,16H,5-7,15H2,1-4H3. The molecule has 5 heteroatoms. The van der Waals surface area contributed by atoms with Crippen LogP contribution < -0.4 is 25.3 Å². The van der Waals surface area contributed by atoms with Crippen molar-refractivity contribution in [3.05, 3.63) is 17.7 Å². The molecule has 0 radical (unpaired) electrons. The molecule has 1 atom stereocenters. The maximum absolute atomic E-state index is 5.57. The predicted octanol–water partition coefficient (Wildman–Crippen LogP) is 1.71. The van der Waals surface area contributed by atoms with E-state index in [1.54, 1.807) is 21.3 Å². The fraction of sp³-hybridized carbons (Fsp3) is 0.571. The Hall–Kier alpha value is -1.46. The highest BCUT2D eigenvalue weighted by Crippen LogP contribution is 2.40. The van der Waals surface area contributed by atoms with Crippen molar-refractivity contribution in [2.75, 3.05) is 34.9 Å². The number of rotatable bonds is 8. The third kappa shape index (κ3) is 3.75. The molecule has 1 aromatic carbocycles. The van der Waals surface area contributed by atoms with Gasteiger partial charge in [0, 0.05) is 6.04 Å². The van der Waals surface area contributed by atoms with Crippen LogP contribution in [0.15, 0.2) is 12.1 Å². The predicted molar refractivity (Wildman–Crippen MR) is 76.2 cm³/mol. The zero-order valence-electron chi connectivity index (χ0n) is 12.2. The number of methoxy groups -OCH3 is 3. The summed E-state index contributed by atoms with van der Waals surface area (Å²) in [4.78, 5) is 0. The van der Waals surface area contributed by atoms with Gasteiger partial charge in [0.2, 0.25) is 5.75 Å². The quantitative estimate of drug-likeness (QED) is 0.751. The Labute approximate surface area is 115 Å². The van der Waals surface area contributed by atoms with Crippen molar-refractivity contribution in [3.8, 4) is 17.2 Å². The summed E-state index contributed by atoms with van der Waals surface area (Å²) < 4.78 is 16.0. The summed E-state index contributed by atoms with van der Waals surface area (Å²) in [5.41, 5.74) is 6.67. The Morgan fingerprint density at radius 1 is 1.11 bits per heavy atom. The minimum Gasteiger partial charge on any atom is -0.493 e. The van der Waals surface area contributed by atoms with Gasteiger partial charge in [-0.15, -0.1) is 0 Å². The van der Waals surface area contributed by atoms with E-state index in [-0.39, 0.29) is 6.04 Å². The van der Waals surface area contributed by atoms with Gasteiger partial charge in [0.05, 0.1) is 21.3 Å². The highest BCUT2D eigenvalue weighted by Gasteiger charge is 2.17. The molecule has 3 N–H and O–H groups in total. The van der Waals surface area contributed by atoms with Crippen molar-refractivity contribution in [1.82, 2.24) is 5.32 Å². The van der Waals surface area contributed by atoms with Crippen molar-refractivity contribution < 1.29 is 14.2 Å². The molecule has 0 aliphatic heterocycles. The van der Waals surface area contributed by atoms with Crippen LogP contribution in [0.1, 0.15) is 24.4 Å². The SMILES string of the molecule is CNC(CCCN)c1cc(OC)c(OC)c(OC)c1. The van der Waals surface area contributed by atoms with Gasteiger partial charge in [-0.05, 0) is 44.1 Å². The van der Waals surface area contributed by atoms with E-state index >= 15 is 0 Å². The molecule has 0 aliphatic rings. The molecule has 0 spiro atoms.